The molecular weight excluding hydrogens is 453 g/mol. The van der Waals surface area contributed by atoms with Crippen molar-refractivity contribution in [2.75, 3.05) is 13.1 Å². The van der Waals surface area contributed by atoms with E-state index < -0.39 is 5.72 Å². The largest absolute Gasteiger partial charge is 0.470 e. The monoisotopic (exact) mass is 477 g/mol. The number of ether oxygens (including phenoxy) is 1. The first-order chi connectivity index (χ1) is 16.1. The minimum atomic E-state index is -0.413. The Bertz CT molecular complexity index is 1190. The number of benzene rings is 3. The fraction of sp³-hybridized carbons (Fsp3) is 0.259. The Hall–Kier alpha value is -2.50. The van der Waals surface area contributed by atoms with Crippen LogP contribution in [0.1, 0.15) is 35.6 Å². The number of fused-ring (bicyclic) bond motifs is 4. The lowest BCUT2D eigenvalue weighted by Gasteiger charge is -2.51. The smallest absolute Gasteiger partial charge is 0.182 e. The van der Waals surface area contributed by atoms with Gasteiger partial charge in [-0.1, -0.05) is 65.7 Å². The Morgan fingerprint density at radius 2 is 1.64 bits per heavy atom. The van der Waals surface area contributed by atoms with Crippen LogP contribution in [0.25, 0.3) is 5.70 Å². The Kier molecular flexibility index (Phi) is 5.34. The number of hydrogen-bond donors (Lipinski definition) is 1. The van der Waals surface area contributed by atoms with Crippen molar-refractivity contribution in [3.63, 3.8) is 0 Å². The fourth-order valence-electron chi connectivity index (χ4n) is 5.19. The van der Waals surface area contributed by atoms with Gasteiger partial charge in [0, 0.05) is 48.1 Å². The van der Waals surface area contributed by atoms with E-state index in [2.05, 4.69) is 63.9 Å². The Balaban J connectivity index is 1.29. The molecule has 3 aliphatic rings. The second-order valence-electron chi connectivity index (χ2n) is 9.01. The minimum Gasteiger partial charge on any atom is -0.470 e. The van der Waals surface area contributed by atoms with E-state index in [0.717, 1.165) is 65.1 Å². The lowest BCUT2D eigenvalue weighted by atomic mass is 9.92. The molecule has 1 unspecified atom stereocenters. The quantitative estimate of drug-likeness (QED) is 0.480. The molecule has 1 N–H and O–H groups in total. The summed E-state index contributed by atoms with van der Waals surface area (Å²) < 4.78 is 6.75. The molecule has 0 amide bonds. The van der Waals surface area contributed by atoms with Crippen molar-refractivity contribution in [2.45, 2.75) is 31.2 Å². The summed E-state index contributed by atoms with van der Waals surface area (Å²) in [7, 11) is 0. The van der Waals surface area contributed by atoms with E-state index in [9.17, 15) is 0 Å². The average Bonchev–Trinajstić information content (AvgIpc) is 3.29. The van der Waals surface area contributed by atoms with E-state index in [1.165, 1.54) is 5.56 Å². The summed E-state index contributed by atoms with van der Waals surface area (Å²) in [5, 5.41) is 3.76. The van der Waals surface area contributed by atoms with Gasteiger partial charge in [-0.15, -0.1) is 0 Å². The summed E-state index contributed by atoms with van der Waals surface area (Å²) >= 11 is 12.5. The van der Waals surface area contributed by atoms with Gasteiger partial charge in [0.05, 0.1) is 11.7 Å². The highest BCUT2D eigenvalue weighted by Crippen LogP contribution is 2.49. The first-order valence-electron chi connectivity index (χ1n) is 11.4. The fourth-order valence-corrected chi connectivity index (χ4v) is 5.49. The first-order valence-corrected chi connectivity index (χ1v) is 12.1. The number of halogens is 2. The topological polar surface area (TPSA) is 27.7 Å². The normalized spacial score (nSPS) is 21.6. The van der Waals surface area contributed by atoms with E-state index in [1.54, 1.807) is 0 Å². The minimum absolute atomic E-state index is 0.0544. The number of hydrogen-bond acceptors (Lipinski definition) is 4. The molecule has 1 spiro atoms. The van der Waals surface area contributed by atoms with Crippen molar-refractivity contribution in [3.05, 3.63) is 106 Å². The molecule has 3 aliphatic heterocycles. The van der Waals surface area contributed by atoms with Crippen molar-refractivity contribution in [1.29, 1.82) is 0 Å². The molecule has 33 heavy (non-hydrogen) atoms. The van der Waals surface area contributed by atoms with Gasteiger partial charge >= 0.3 is 0 Å². The molecule has 0 bridgehead atoms. The zero-order chi connectivity index (χ0) is 22.4. The highest BCUT2D eigenvalue weighted by molar-refractivity contribution is 6.31. The molecule has 3 heterocycles. The lowest BCUT2D eigenvalue weighted by molar-refractivity contribution is -0.160. The standard InChI is InChI=1S/C27H25Cl2N3O/c28-21-8-6-20(7-9-21)24-17-25-23-16-22(29)10-11-26(23)33-27(32(25)30-24)12-14-31(15-13-27)18-19-4-2-1-3-5-19/h1-11,16-17,25,30H,12-15,18H2. The second-order valence-corrected chi connectivity index (χ2v) is 9.88. The van der Waals surface area contributed by atoms with E-state index in [-0.39, 0.29) is 6.04 Å². The highest BCUT2D eigenvalue weighted by atomic mass is 35.5. The molecule has 4 nitrogen and oxygen atoms in total. The molecule has 3 aromatic carbocycles. The number of hydrazine groups is 1. The third-order valence-electron chi connectivity index (χ3n) is 6.91. The van der Waals surface area contributed by atoms with E-state index in [4.69, 9.17) is 27.9 Å². The van der Waals surface area contributed by atoms with Crippen LogP contribution in [0.2, 0.25) is 10.0 Å². The number of nitrogens with one attached hydrogen (secondary N) is 1. The van der Waals surface area contributed by atoms with Gasteiger partial charge in [-0.05, 0) is 47.5 Å². The summed E-state index contributed by atoms with van der Waals surface area (Å²) in [5.74, 6) is 0.924. The third-order valence-corrected chi connectivity index (χ3v) is 7.40. The molecule has 6 heteroatoms. The zero-order valence-corrected chi connectivity index (χ0v) is 19.7. The summed E-state index contributed by atoms with van der Waals surface area (Å²) in [4.78, 5) is 2.51. The van der Waals surface area contributed by atoms with Crippen LogP contribution in [0.4, 0.5) is 0 Å². The molecule has 0 aliphatic carbocycles. The Morgan fingerprint density at radius 3 is 2.39 bits per heavy atom. The Morgan fingerprint density at radius 1 is 0.909 bits per heavy atom. The summed E-state index contributed by atoms with van der Waals surface area (Å²) in [5.41, 5.74) is 7.88. The molecule has 168 valence electrons. The van der Waals surface area contributed by atoms with Gasteiger partial charge in [-0.3, -0.25) is 4.90 Å². The lowest BCUT2D eigenvalue weighted by Crippen LogP contribution is -2.63. The van der Waals surface area contributed by atoms with Gasteiger partial charge < -0.3 is 10.2 Å². The average molecular weight is 478 g/mol. The summed E-state index contributed by atoms with van der Waals surface area (Å²) in [6.45, 7) is 2.91. The molecular formula is C27H25Cl2N3O. The van der Waals surface area contributed by atoms with Gasteiger partial charge in [-0.2, -0.15) is 5.01 Å². The van der Waals surface area contributed by atoms with Gasteiger partial charge in [-0.25, -0.2) is 0 Å². The van der Waals surface area contributed by atoms with Crippen molar-refractivity contribution >= 4 is 28.9 Å². The van der Waals surface area contributed by atoms with Crippen LogP contribution in [-0.2, 0) is 6.54 Å². The predicted octanol–water partition coefficient (Wildman–Crippen LogP) is 6.28. The van der Waals surface area contributed by atoms with Crippen LogP contribution >= 0.6 is 23.2 Å². The van der Waals surface area contributed by atoms with E-state index >= 15 is 0 Å². The van der Waals surface area contributed by atoms with Crippen molar-refractivity contribution in [2.24, 2.45) is 0 Å². The Labute approximate surface area is 204 Å². The van der Waals surface area contributed by atoms with Crippen molar-refractivity contribution < 1.29 is 4.74 Å². The third kappa shape index (κ3) is 3.91. The maximum atomic E-state index is 6.75. The van der Waals surface area contributed by atoms with Crippen LogP contribution in [0.5, 0.6) is 5.75 Å². The van der Waals surface area contributed by atoms with Crippen LogP contribution in [0.3, 0.4) is 0 Å². The highest BCUT2D eigenvalue weighted by Gasteiger charge is 2.51. The molecule has 1 fully saturated rings. The zero-order valence-electron chi connectivity index (χ0n) is 18.2. The first kappa shape index (κ1) is 21.1. The van der Waals surface area contributed by atoms with E-state index in [0.29, 0.717) is 0 Å². The SMILES string of the molecule is Clc1ccc(C2=CC3c4cc(Cl)ccc4OC4(CCN(Cc5ccccc5)CC4)N3N2)cc1. The number of nitrogens with zero attached hydrogens (tertiary/aromatic N) is 2. The summed E-state index contributed by atoms with van der Waals surface area (Å²) in [6.07, 6.45) is 4.10. The van der Waals surface area contributed by atoms with Crippen LogP contribution in [-0.4, -0.2) is 28.7 Å². The number of likely N-dealkylation sites (tertiary alicyclic amines) is 1. The van der Waals surface area contributed by atoms with E-state index in [1.807, 2.05) is 30.3 Å². The molecule has 1 atom stereocenters. The predicted molar refractivity (Wildman–Crippen MR) is 133 cm³/mol. The summed E-state index contributed by atoms with van der Waals surface area (Å²) in [6, 6.07) is 24.6. The molecule has 6 rings (SSSR count). The van der Waals surface area contributed by atoms with Crippen LogP contribution < -0.4 is 10.2 Å². The van der Waals surface area contributed by atoms with Gasteiger partial charge in [0.25, 0.3) is 0 Å². The van der Waals surface area contributed by atoms with Gasteiger partial charge in [0.2, 0.25) is 0 Å². The van der Waals surface area contributed by atoms with Crippen molar-refractivity contribution in [3.8, 4) is 5.75 Å². The molecule has 1 saturated heterocycles. The molecule has 0 radical (unpaired) electrons. The van der Waals surface area contributed by atoms with Crippen molar-refractivity contribution in [1.82, 2.24) is 15.3 Å². The molecule has 0 aromatic heterocycles. The molecule has 0 saturated carbocycles. The van der Waals surface area contributed by atoms with Gasteiger partial charge in [0.1, 0.15) is 5.75 Å². The van der Waals surface area contributed by atoms with Crippen LogP contribution in [0, 0.1) is 0 Å². The maximum absolute atomic E-state index is 6.75. The number of rotatable bonds is 3. The van der Waals surface area contributed by atoms with Gasteiger partial charge in [0.15, 0.2) is 5.72 Å². The maximum Gasteiger partial charge on any atom is 0.182 e. The van der Waals surface area contributed by atoms with Crippen LogP contribution in [0.15, 0.2) is 78.9 Å². The second kappa shape index (κ2) is 8.37. The number of piperidine rings is 1. The molecule has 3 aromatic rings.